The lowest BCUT2D eigenvalue weighted by molar-refractivity contribution is 0.332. The summed E-state index contributed by atoms with van der Waals surface area (Å²) in [5, 5.41) is 12.0. The summed E-state index contributed by atoms with van der Waals surface area (Å²) in [6, 6.07) is 13.3. The summed E-state index contributed by atoms with van der Waals surface area (Å²) >= 11 is 0. The molecule has 0 fully saturated rings. The second-order valence-electron chi connectivity index (χ2n) is 4.25. The number of ether oxygens (including phenoxy) is 2. The normalized spacial score (nSPS) is 9.76. The van der Waals surface area contributed by atoms with E-state index in [-0.39, 0.29) is 5.56 Å². The van der Waals surface area contributed by atoms with Gasteiger partial charge < -0.3 is 14.8 Å². The summed E-state index contributed by atoms with van der Waals surface area (Å²) in [7, 11) is 1.61. The molecular weight excluding hydrogens is 271 g/mol. The van der Waals surface area contributed by atoms with Gasteiger partial charge in [0.15, 0.2) is 0 Å². The summed E-state index contributed by atoms with van der Waals surface area (Å²) in [6.45, 7) is 0.931. The molecule has 0 spiro atoms. The van der Waals surface area contributed by atoms with Crippen LogP contribution in [0, 0.1) is 17.1 Å². The van der Waals surface area contributed by atoms with Crippen molar-refractivity contribution in [3.8, 4) is 17.6 Å². The average Bonchev–Trinajstić information content (AvgIpc) is 2.53. The number of rotatable bonds is 6. The van der Waals surface area contributed by atoms with E-state index in [4.69, 9.17) is 14.7 Å². The van der Waals surface area contributed by atoms with E-state index in [0.717, 1.165) is 11.5 Å². The number of benzene rings is 2. The number of nitriles is 1. The van der Waals surface area contributed by atoms with Crippen LogP contribution in [0.1, 0.15) is 5.56 Å². The van der Waals surface area contributed by atoms with Gasteiger partial charge in [-0.1, -0.05) is 0 Å². The lowest BCUT2D eigenvalue weighted by Gasteiger charge is -2.10. The van der Waals surface area contributed by atoms with Crippen LogP contribution in [0.15, 0.2) is 42.5 Å². The van der Waals surface area contributed by atoms with Crippen LogP contribution in [0.25, 0.3) is 0 Å². The highest BCUT2D eigenvalue weighted by atomic mass is 19.1. The number of methoxy groups -OCH3 is 1. The molecule has 0 amide bonds. The minimum absolute atomic E-state index is 0.277. The van der Waals surface area contributed by atoms with Crippen LogP contribution >= 0.6 is 0 Å². The van der Waals surface area contributed by atoms with Crippen molar-refractivity contribution >= 4 is 5.69 Å². The van der Waals surface area contributed by atoms with Gasteiger partial charge in [0.2, 0.25) is 0 Å². The van der Waals surface area contributed by atoms with Gasteiger partial charge in [-0.15, -0.1) is 0 Å². The number of nitrogens with zero attached hydrogens (tertiary/aromatic N) is 1. The van der Waals surface area contributed by atoms with Crippen LogP contribution in [0.5, 0.6) is 11.5 Å². The Labute approximate surface area is 122 Å². The molecule has 21 heavy (non-hydrogen) atoms. The molecule has 5 heteroatoms. The second-order valence-corrected chi connectivity index (χ2v) is 4.25. The zero-order chi connectivity index (χ0) is 15.1. The van der Waals surface area contributed by atoms with Crippen molar-refractivity contribution in [2.45, 2.75) is 0 Å². The number of hydrogen-bond donors (Lipinski definition) is 1. The quantitative estimate of drug-likeness (QED) is 0.829. The van der Waals surface area contributed by atoms with Gasteiger partial charge >= 0.3 is 0 Å². The van der Waals surface area contributed by atoms with E-state index in [0.29, 0.717) is 18.8 Å². The molecule has 1 N–H and O–H groups in total. The van der Waals surface area contributed by atoms with E-state index in [9.17, 15) is 4.39 Å². The molecule has 2 aromatic carbocycles. The Morgan fingerprint density at radius 1 is 1.14 bits per heavy atom. The molecule has 0 unspecified atom stereocenters. The molecule has 108 valence electrons. The fourth-order valence-corrected chi connectivity index (χ4v) is 1.79. The number of anilines is 1. The van der Waals surface area contributed by atoms with E-state index in [1.807, 2.05) is 30.3 Å². The summed E-state index contributed by atoms with van der Waals surface area (Å²) in [4.78, 5) is 0. The fraction of sp³-hybridized carbons (Fsp3) is 0.188. The molecule has 0 heterocycles. The predicted molar refractivity (Wildman–Crippen MR) is 78.1 cm³/mol. The molecule has 0 saturated carbocycles. The summed E-state index contributed by atoms with van der Waals surface area (Å²) in [5.41, 5.74) is 0.872. The molecule has 0 aliphatic heterocycles. The largest absolute Gasteiger partial charge is 0.497 e. The van der Waals surface area contributed by atoms with Crippen LogP contribution in [-0.2, 0) is 0 Å². The lowest BCUT2D eigenvalue weighted by atomic mass is 10.2. The Morgan fingerprint density at radius 2 is 1.86 bits per heavy atom. The fourth-order valence-electron chi connectivity index (χ4n) is 1.79. The molecular formula is C16H15FN2O2. The highest BCUT2D eigenvalue weighted by molar-refractivity contribution is 5.57. The van der Waals surface area contributed by atoms with Gasteiger partial charge in [0, 0.05) is 6.54 Å². The maximum atomic E-state index is 13.0. The molecule has 0 bridgehead atoms. The van der Waals surface area contributed by atoms with Gasteiger partial charge in [0.25, 0.3) is 0 Å². The van der Waals surface area contributed by atoms with Crippen molar-refractivity contribution in [3.63, 3.8) is 0 Å². The molecule has 4 nitrogen and oxygen atoms in total. The standard InChI is InChI=1S/C16H15FN2O2/c1-20-14-3-5-15(6-4-14)21-9-8-19-16-7-2-13(17)10-12(16)11-18/h2-7,10,19H,8-9H2,1H3. The first kappa shape index (κ1) is 14.7. The lowest BCUT2D eigenvalue weighted by Crippen LogP contribution is -2.12. The third kappa shape index (κ3) is 4.11. The minimum atomic E-state index is -0.424. The van der Waals surface area contributed by atoms with Crippen molar-refractivity contribution in [2.24, 2.45) is 0 Å². The van der Waals surface area contributed by atoms with Crippen molar-refractivity contribution < 1.29 is 13.9 Å². The number of hydrogen-bond acceptors (Lipinski definition) is 4. The zero-order valence-corrected chi connectivity index (χ0v) is 11.6. The Morgan fingerprint density at radius 3 is 2.52 bits per heavy atom. The number of nitrogens with one attached hydrogen (secondary N) is 1. The van der Waals surface area contributed by atoms with Gasteiger partial charge in [0.05, 0.1) is 18.4 Å². The van der Waals surface area contributed by atoms with E-state index in [2.05, 4.69) is 5.32 Å². The molecule has 0 aliphatic carbocycles. The molecule has 0 saturated heterocycles. The summed E-state index contributed by atoms with van der Waals surface area (Å²) in [6.07, 6.45) is 0. The maximum Gasteiger partial charge on any atom is 0.124 e. The van der Waals surface area contributed by atoms with E-state index in [1.165, 1.54) is 12.1 Å². The van der Waals surface area contributed by atoms with Crippen LogP contribution in [-0.4, -0.2) is 20.3 Å². The first-order valence-electron chi connectivity index (χ1n) is 6.43. The number of halogens is 1. The molecule has 0 radical (unpaired) electrons. The Bertz CT molecular complexity index is 636. The topological polar surface area (TPSA) is 54.3 Å². The van der Waals surface area contributed by atoms with Crippen molar-refractivity contribution in [3.05, 3.63) is 53.8 Å². The van der Waals surface area contributed by atoms with Crippen molar-refractivity contribution in [2.75, 3.05) is 25.6 Å². The monoisotopic (exact) mass is 286 g/mol. The van der Waals surface area contributed by atoms with Crippen LogP contribution in [0.4, 0.5) is 10.1 Å². The van der Waals surface area contributed by atoms with Gasteiger partial charge in [-0.2, -0.15) is 5.26 Å². The van der Waals surface area contributed by atoms with Gasteiger partial charge in [0.1, 0.15) is 30.0 Å². The van der Waals surface area contributed by atoms with Crippen LogP contribution < -0.4 is 14.8 Å². The smallest absolute Gasteiger partial charge is 0.124 e. The first-order valence-corrected chi connectivity index (χ1v) is 6.43. The first-order chi connectivity index (χ1) is 10.2. The molecule has 2 rings (SSSR count). The third-order valence-electron chi connectivity index (χ3n) is 2.85. The van der Waals surface area contributed by atoms with Gasteiger partial charge in [-0.05, 0) is 42.5 Å². The molecule has 0 aromatic heterocycles. The Balaban J connectivity index is 1.83. The third-order valence-corrected chi connectivity index (χ3v) is 2.85. The van der Waals surface area contributed by atoms with E-state index < -0.39 is 5.82 Å². The van der Waals surface area contributed by atoms with Gasteiger partial charge in [-0.25, -0.2) is 4.39 Å². The average molecular weight is 286 g/mol. The van der Waals surface area contributed by atoms with E-state index in [1.54, 1.807) is 13.2 Å². The highest BCUT2D eigenvalue weighted by Crippen LogP contribution is 2.18. The van der Waals surface area contributed by atoms with Crippen molar-refractivity contribution in [1.29, 1.82) is 5.26 Å². The minimum Gasteiger partial charge on any atom is -0.497 e. The van der Waals surface area contributed by atoms with Crippen molar-refractivity contribution in [1.82, 2.24) is 0 Å². The predicted octanol–water partition coefficient (Wildman–Crippen LogP) is 3.20. The summed E-state index contributed by atoms with van der Waals surface area (Å²) in [5.74, 6) is 1.08. The molecule has 2 aromatic rings. The molecule has 0 atom stereocenters. The Hall–Kier alpha value is -2.74. The highest BCUT2D eigenvalue weighted by Gasteiger charge is 2.03. The van der Waals surface area contributed by atoms with Crippen LogP contribution in [0.2, 0.25) is 0 Å². The summed E-state index contributed by atoms with van der Waals surface area (Å²) < 4.78 is 23.6. The SMILES string of the molecule is COc1ccc(OCCNc2ccc(F)cc2C#N)cc1. The van der Waals surface area contributed by atoms with Gasteiger partial charge in [-0.3, -0.25) is 0 Å². The molecule has 0 aliphatic rings. The maximum absolute atomic E-state index is 13.0. The van der Waals surface area contributed by atoms with Crippen LogP contribution in [0.3, 0.4) is 0 Å². The Kier molecular flexibility index (Phi) is 4.99. The van der Waals surface area contributed by atoms with E-state index >= 15 is 0 Å². The second kappa shape index (κ2) is 7.15. The zero-order valence-electron chi connectivity index (χ0n) is 11.6.